The van der Waals surface area contributed by atoms with Crippen LogP contribution in [-0.2, 0) is 13.1 Å². The number of rotatable bonds is 5. The molecule has 3 nitrogen and oxygen atoms in total. The third kappa shape index (κ3) is 3.57. The fourth-order valence-corrected chi connectivity index (χ4v) is 1.61. The van der Waals surface area contributed by atoms with Gasteiger partial charge in [0.2, 0.25) is 0 Å². The normalized spacial score (nSPS) is 10.2. The SMILES string of the molecule is COc1ccnc(CNCc2ccccc2)c1. The number of nitrogens with one attached hydrogen (secondary N) is 1. The van der Waals surface area contributed by atoms with E-state index in [2.05, 4.69) is 22.4 Å². The van der Waals surface area contributed by atoms with Crippen LogP contribution in [0.1, 0.15) is 11.3 Å². The van der Waals surface area contributed by atoms with Crippen LogP contribution >= 0.6 is 0 Å². The fraction of sp³-hybridized carbons (Fsp3) is 0.214. The molecule has 2 rings (SSSR count). The second-order valence-corrected chi connectivity index (χ2v) is 3.78. The molecule has 0 atom stereocenters. The number of aromatic nitrogens is 1. The van der Waals surface area contributed by atoms with Crippen molar-refractivity contribution in [2.75, 3.05) is 7.11 Å². The minimum atomic E-state index is 0.742. The second kappa shape index (κ2) is 6.01. The lowest BCUT2D eigenvalue weighted by molar-refractivity contribution is 0.413. The molecular formula is C14H16N2O. The second-order valence-electron chi connectivity index (χ2n) is 3.78. The van der Waals surface area contributed by atoms with Gasteiger partial charge in [-0.1, -0.05) is 30.3 Å². The van der Waals surface area contributed by atoms with E-state index in [1.54, 1.807) is 13.3 Å². The summed E-state index contributed by atoms with van der Waals surface area (Å²) in [5.41, 5.74) is 2.26. The molecule has 2 aromatic rings. The van der Waals surface area contributed by atoms with Crippen LogP contribution in [0.5, 0.6) is 5.75 Å². The Morgan fingerprint density at radius 3 is 2.71 bits per heavy atom. The molecule has 0 saturated heterocycles. The third-order valence-electron chi connectivity index (χ3n) is 2.50. The van der Waals surface area contributed by atoms with E-state index in [4.69, 9.17) is 4.74 Å². The first-order valence-electron chi connectivity index (χ1n) is 5.62. The van der Waals surface area contributed by atoms with Crippen molar-refractivity contribution >= 4 is 0 Å². The topological polar surface area (TPSA) is 34.1 Å². The van der Waals surface area contributed by atoms with Gasteiger partial charge in [0, 0.05) is 25.4 Å². The van der Waals surface area contributed by atoms with Gasteiger partial charge in [0.05, 0.1) is 12.8 Å². The Morgan fingerprint density at radius 2 is 1.94 bits per heavy atom. The molecule has 0 spiro atoms. The quantitative estimate of drug-likeness (QED) is 0.853. The molecule has 0 aliphatic carbocycles. The smallest absolute Gasteiger partial charge is 0.122 e. The first kappa shape index (κ1) is 11.6. The van der Waals surface area contributed by atoms with Gasteiger partial charge >= 0.3 is 0 Å². The molecule has 0 saturated carbocycles. The van der Waals surface area contributed by atoms with Crippen molar-refractivity contribution in [1.29, 1.82) is 0 Å². The Balaban J connectivity index is 1.86. The van der Waals surface area contributed by atoms with Gasteiger partial charge in [-0.25, -0.2) is 0 Å². The highest BCUT2D eigenvalue weighted by Gasteiger charge is 1.97. The van der Waals surface area contributed by atoms with Gasteiger partial charge < -0.3 is 10.1 Å². The molecule has 0 unspecified atom stereocenters. The minimum Gasteiger partial charge on any atom is -0.497 e. The Labute approximate surface area is 101 Å². The summed E-state index contributed by atoms with van der Waals surface area (Å²) in [6, 6.07) is 14.1. The van der Waals surface area contributed by atoms with E-state index in [1.165, 1.54) is 5.56 Å². The van der Waals surface area contributed by atoms with Crippen LogP contribution in [0.4, 0.5) is 0 Å². The van der Waals surface area contributed by atoms with Crippen LogP contribution in [0.3, 0.4) is 0 Å². The summed E-state index contributed by atoms with van der Waals surface area (Å²) in [6.45, 7) is 1.59. The van der Waals surface area contributed by atoms with Gasteiger partial charge in [0.1, 0.15) is 5.75 Å². The van der Waals surface area contributed by atoms with E-state index in [0.717, 1.165) is 24.5 Å². The molecule has 3 heteroatoms. The molecule has 0 aliphatic heterocycles. The molecule has 88 valence electrons. The molecule has 1 aromatic carbocycles. The van der Waals surface area contributed by atoms with Crippen LogP contribution in [0, 0.1) is 0 Å². The molecule has 1 aromatic heterocycles. The zero-order valence-electron chi connectivity index (χ0n) is 9.89. The first-order chi connectivity index (χ1) is 8.38. The molecular weight excluding hydrogens is 212 g/mol. The van der Waals surface area contributed by atoms with Crippen LogP contribution in [0.25, 0.3) is 0 Å². The van der Waals surface area contributed by atoms with E-state index in [-0.39, 0.29) is 0 Å². The van der Waals surface area contributed by atoms with E-state index in [0.29, 0.717) is 0 Å². The van der Waals surface area contributed by atoms with E-state index < -0.39 is 0 Å². The third-order valence-corrected chi connectivity index (χ3v) is 2.50. The van der Waals surface area contributed by atoms with Gasteiger partial charge in [-0.15, -0.1) is 0 Å². The lowest BCUT2D eigenvalue weighted by Gasteiger charge is -2.05. The Kier molecular flexibility index (Phi) is 4.11. The number of ether oxygens (including phenoxy) is 1. The fourth-order valence-electron chi connectivity index (χ4n) is 1.61. The molecule has 0 fully saturated rings. The molecule has 1 heterocycles. The largest absolute Gasteiger partial charge is 0.497 e. The van der Waals surface area contributed by atoms with Gasteiger partial charge in [-0.05, 0) is 11.6 Å². The lowest BCUT2D eigenvalue weighted by atomic mass is 10.2. The molecule has 17 heavy (non-hydrogen) atoms. The summed E-state index contributed by atoms with van der Waals surface area (Å²) < 4.78 is 5.15. The van der Waals surface area contributed by atoms with Crippen molar-refractivity contribution < 1.29 is 4.74 Å². The Morgan fingerprint density at radius 1 is 1.12 bits per heavy atom. The summed E-state index contributed by atoms with van der Waals surface area (Å²) in [5, 5.41) is 3.35. The molecule has 0 aliphatic rings. The number of hydrogen-bond acceptors (Lipinski definition) is 3. The minimum absolute atomic E-state index is 0.742. The summed E-state index contributed by atoms with van der Waals surface area (Å²) in [7, 11) is 1.66. The summed E-state index contributed by atoms with van der Waals surface area (Å²) in [5.74, 6) is 0.844. The number of benzene rings is 1. The highest BCUT2D eigenvalue weighted by molar-refractivity contribution is 5.22. The van der Waals surface area contributed by atoms with Crippen LogP contribution in [0.2, 0.25) is 0 Å². The molecule has 0 radical (unpaired) electrons. The van der Waals surface area contributed by atoms with Crippen LogP contribution in [0.15, 0.2) is 48.7 Å². The predicted molar refractivity (Wildman–Crippen MR) is 67.8 cm³/mol. The zero-order valence-corrected chi connectivity index (χ0v) is 9.89. The molecule has 0 amide bonds. The summed E-state index contributed by atoms with van der Waals surface area (Å²) in [4.78, 5) is 4.28. The van der Waals surface area contributed by atoms with Crippen molar-refractivity contribution in [3.8, 4) is 5.75 Å². The van der Waals surface area contributed by atoms with Crippen molar-refractivity contribution in [3.05, 3.63) is 59.9 Å². The highest BCUT2D eigenvalue weighted by atomic mass is 16.5. The maximum Gasteiger partial charge on any atom is 0.122 e. The van der Waals surface area contributed by atoms with Gasteiger partial charge in [-0.2, -0.15) is 0 Å². The average Bonchev–Trinajstić information content (AvgIpc) is 2.40. The Hall–Kier alpha value is -1.87. The number of hydrogen-bond donors (Lipinski definition) is 1. The average molecular weight is 228 g/mol. The first-order valence-corrected chi connectivity index (χ1v) is 5.62. The number of nitrogens with zero attached hydrogens (tertiary/aromatic N) is 1. The van der Waals surface area contributed by atoms with Crippen molar-refractivity contribution in [2.24, 2.45) is 0 Å². The predicted octanol–water partition coefficient (Wildman–Crippen LogP) is 2.38. The Bertz CT molecular complexity index is 457. The molecule has 0 bridgehead atoms. The number of pyridine rings is 1. The van der Waals surface area contributed by atoms with Gasteiger partial charge in [0.15, 0.2) is 0 Å². The molecule has 1 N–H and O–H groups in total. The van der Waals surface area contributed by atoms with E-state index in [1.807, 2.05) is 30.3 Å². The van der Waals surface area contributed by atoms with Crippen molar-refractivity contribution in [2.45, 2.75) is 13.1 Å². The summed E-state index contributed by atoms with van der Waals surface area (Å²) >= 11 is 0. The highest BCUT2D eigenvalue weighted by Crippen LogP contribution is 2.09. The van der Waals surface area contributed by atoms with Crippen molar-refractivity contribution in [1.82, 2.24) is 10.3 Å². The van der Waals surface area contributed by atoms with Gasteiger partial charge in [0.25, 0.3) is 0 Å². The maximum atomic E-state index is 5.15. The van der Waals surface area contributed by atoms with Gasteiger partial charge in [-0.3, -0.25) is 4.98 Å². The standard InChI is InChI=1S/C14H16N2O/c1-17-14-7-8-16-13(9-14)11-15-10-12-5-3-2-4-6-12/h2-9,15H,10-11H2,1H3. The van der Waals surface area contributed by atoms with E-state index in [9.17, 15) is 0 Å². The van der Waals surface area contributed by atoms with Crippen LogP contribution < -0.4 is 10.1 Å². The summed E-state index contributed by atoms with van der Waals surface area (Å²) in [6.07, 6.45) is 1.76. The maximum absolute atomic E-state index is 5.15. The van der Waals surface area contributed by atoms with Crippen molar-refractivity contribution in [3.63, 3.8) is 0 Å². The lowest BCUT2D eigenvalue weighted by Crippen LogP contribution is -2.13. The zero-order chi connectivity index (χ0) is 11.9. The van der Waals surface area contributed by atoms with Crippen LogP contribution in [-0.4, -0.2) is 12.1 Å². The van der Waals surface area contributed by atoms with E-state index >= 15 is 0 Å². The monoisotopic (exact) mass is 228 g/mol. The number of methoxy groups -OCH3 is 1.